The summed E-state index contributed by atoms with van der Waals surface area (Å²) in [6.07, 6.45) is 8.12. The van der Waals surface area contributed by atoms with Gasteiger partial charge in [-0.15, -0.1) is 0 Å². The van der Waals surface area contributed by atoms with Crippen molar-refractivity contribution in [1.82, 2.24) is 24.7 Å². The van der Waals surface area contributed by atoms with Crippen LogP contribution in [0.15, 0.2) is 55.2 Å². The Morgan fingerprint density at radius 2 is 2.19 bits per heavy atom. The molecule has 7 heteroatoms. The number of fused-ring (bicyclic) bond motifs is 1. The number of carbonyl (C=O) groups is 1. The Kier molecular flexibility index (Phi) is 4.42. The molecule has 0 bridgehead atoms. The molecule has 0 saturated heterocycles. The fourth-order valence-electron chi connectivity index (χ4n) is 3.34. The molecule has 1 amide bonds. The summed E-state index contributed by atoms with van der Waals surface area (Å²) in [4.78, 5) is 23.1. The van der Waals surface area contributed by atoms with Crippen LogP contribution in [-0.2, 0) is 4.79 Å². The molecule has 4 aromatic rings. The van der Waals surface area contributed by atoms with Crippen LogP contribution in [0.3, 0.4) is 0 Å². The maximum Gasteiger partial charge on any atom is 0.221 e. The molecule has 2 N–H and O–H groups in total. The van der Waals surface area contributed by atoms with Crippen LogP contribution in [0.4, 0.5) is 5.69 Å². The molecule has 0 saturated carbocycles. The minimum Gasteiger partial charge on any atom is -0.346 e. The molecule has 0 fully saturated rings. The van der Waals surface area contributed by atoms with Crippen molar-refractivity contribution in [2.45, 2.75) is 26.3 Å². The number of anilines is 1. The lowest BCUT2D eigenvalue weighted by Gasteiger charge is -2.17. The maximum absolute atomic E-state index is 11.3. The van der Waals surface area contributed by atoms with E-state index in [1.165, 1.54) is 6.92 Å². The Bertz CT molecular complexity index is 1100. The van der Waals surface area contributed by atoms with E-state index >= 15 is 0 Å². The molecule has 1 atom stereocenters. The molecule has 3 heterocycles. The van der Waals surface area contributed by atoms with E-state index in [1.807, 2.05) is 47.5 Å². The van der Waals surface area contributed by atoms with Gasteiger partial charge in [0.05, 0.1) is 17.9 Å². The Balaban J connectivity index is 1.69. The second-order valence-corrected chi connectivity index (χ2v) is 6.40. The van der Waals surface area contributed by atoms with Crippen LogP contribution in [0.1, 0.15) is 31.9 Å². The average molecular weight is 360 g/mol. The van der Waals surface area contributed by atoms with E-state index in [2.05, 4.69) is 38.4 Å². The molecule has 0 spiro atoms. The van der Waals surface area contributed by atoms with Gasteiger partial charge in [0.25, 0.3) is 0 Å². The predicted octanol–water partition coefficient (Wildman–Crippen LogP) is 3.78. The molecule has 0 aliphatic carbocycles. The number of benzene rings is 1. The minimum absolute atomic E-state index is 0.0658. The van der Waals surface area contributed by atoms with Crippen molar-refractivity contribution < 1.29 is 4.79 Å². The van der Waals surface area contributed by atoms with Gasteiger partial charge in [-0.25, -0.2) is 9.97 Å². The van der Waals surface area contributed by atoms with Gasteiger partial charge >= 0.3 is 0 Å². The maximum atomic E-state index is 11.3. The highest BCUT2D eigenvalue weighted by molar-refractivity contribution is 5.90. The number of rotatable bonds is 5. The first-order valence-corrected chi connectivity index (χ1v) is 8.86. The first-order chi connectivity index (χ1) is 13.2. The van der Waals surface area contributed by atoms with E-state index in [-0.39, 0.29) is 11.9 Å². The van der Waals surface area contributed by atoms with Crippen LogP contribution in [0, 0.1) is 0 Å². The quantitative estimate of drug-likeness (QED) is 0.567. The van der Waals surface area contributed by atoms with E-state index in [0.29, 0.717) is 0 Å². The lowest BCUT2D eigenvalue weighted by atomic mass is 10.0. The number of aromatic amines is 1. The standard InChI is InChI=1S/C20H20N6O/c1-3-18(14-5-4-6-16(9-14)25-13(2)27)26-11-15(10-24-26)19-17-7-8-21-20(17)23-12-22-19/h4-12,18H,3H2,1-2H3,(H,25,27)(H,21,22,23). The van der Waals surface area contributed by atoms with Gasteiger partial charge in [-0.1, -0.05) is 19.1 Å². The summed E-state index contributed by atoms with van der Waals surface area (Å²) in [5.41, 5.74) is 4.49. The molecule has 0 radical (unpaired) electrons. The van der Waals surface area contributed by atoms with E-state index < -0.39 is 0 Å². The third-order valence-electron chi connectivity index (χ3n) is 4.53. The zero-order valence-corrected chi connectivity index (χ0v) is 15.2. The van der Waals surface area contributed by atoms with Gasteiger partial charge in [-0.05, 0) is 30.2 Å². The highest BCUT2D eigenvalue weighted by Crippen LogP contribution is 2.28. The van der Waals surface area contributed by atoms with Gasteiger partial charge in [0.2, 0.25) is 5.91 Å². The zero-order chi connectivity index (χ0) is 18.8. The summed E-state index contributed by atoms with van der Waals surface area (Å²) >= 11 is 0. The van der Waals surface area contributed by atoms with E-state index in [4.69, 9.17) is 0 Å². The van der Waals surface area contributed by atoms with Gasteiger partial charge < -0.3 is 10.3 Å². The molecule has 136 valence electrons. The summed E-state index contributed by atoms with van der Waals surface area (Å²) in [6.45, 7) is 3.62. The zero-order valence-electron chi connectivity index (χ0n) is 15.2. The van der Waals surface area contributed by atoms with Crippen molar-refractivity contribution >= 4 is 22.6 Å². The number of aromatic nitrogens is 5. The number of nitrogens with one attached hydrogen (secondary N) is 2. The van der Waals surface area contributed by atoms with Gasteiger partial charge in [0.1, 0.15) is 12.0 Å². The monoisotopic (exact) mass is 360 g/mol. The summed E-state index contributed by atoms with van der Waals surface area (Å²) in [6, 6.07) is 9.91. The fraction of sp³-hybridized carbons (Fsp3) is 0.200. The SMILES string of the molecule is CCC(c1cccc(NC(C)=O)c1)n1cc(-c2ncnc3[nH]ccc23)cn1. The number of amides is 1. The number of carbonyl (C=O) groups excluding carboxylic acids is 1. The molecule has 4 rings (SSSR count). The smallest absolute Gasteiger partial charge is 0.221 e. The molecule has 0 aliphatic heterocycles. The second kappa shape index (κ2) is 7.03. The Morgan fingerprint density at radius 1 is 1.30 bits per heavy atom. The number of hydrogen-bond acceptors (Lipinski definition) is 4. The summed E-state index contributed by atoms with van der Waals surface area (Å²) in [5.74, 6) is -0.0825. The number of H-pyrrole nitrogens is 1. The lowest BCUT2D eigenvalue weighted by molar-refractivity contribution is -0.114. The summed E-state index contributed by atoms with van der Waals surface area (Å²) in [5, 5.41) is 8.39. The molecule has 0 aliphatic rings. The van der Waals surface area contributed by atoms with Crippen LogP contribution in [0.25, 0.3) is 22.3 Å². The molecule has 3 aromatic heterocycles. The minimum atomic E-state index is -0.0825. The lowest BCUT2D eigenvalue weighted by Crippen LogP contribution is -2.11. The summed E-state index contributed by atoms with van der Waals surface area (Å²) in [7, 11) is 0. The highest BCUT2D eigenvalue weighted by Gasteiger charge is 2.16. The van der Waals surface area contributed by atoms with Crippen molar-refractivity contribution in [2.24, 2.45) is 0 Å². The second-order valence-electron chi connectivity index (χ2n) is 6.40. The van der Waals surface area contributed by atoms with Gasteiger partial charge in [0.15, 0.2) is 0 Å². The van der Waals surface area contributed by atoms with E-state index in [1.54, 1.807) is 6.33 Å². The Labute approximate surface area is 156 Å². The van der Waals surface area contributed by atoms with Gasteiger partial charge in [0, 0.05) is 36.0 Å². The number of nitrogens with zero attached hydrogens (tertiary/aromatic N) is 4. The Morgan fingerprint density at radius 3 is 3.00 bits per heavy atom. The molecule has 27 heavy (non-hydrogen) atoms. The molecular formula is C20H20N6O. The molecule has 1 unspecified atom stereocenters. The Hall–Kier alpha value is -3.48. The van der Waals surface area contributed by atoms with E-state index in [9.17, 15) is 4.79 Å². The van der Waals surface area contributed by atoms with Gasteiger partial charge in [-0.2, -0.15) is 5.10 Å². The third-order valence-corrected chi connectivity index (χ3v) is 4.53. The van der Waals surface area contributed by atoms with Crippen LogP contribution in [0.5, 0.6) is 0 Å². The van der Waals surface area contributed by atoms with E-state index in [0.717, 1.165) is 40.0 Å². The van der Waals surface area contributed by atoms with Crippen molar-refractivity contribution in [3.63, 3.8) is 0 Å². The topological polar surface area (TPSA) is 88.5 Å². The van der Waals surface area contributed by atoms with Crippen LogP contribution < -0.4 is 5.32 Å². The van der Waals surface area contributed by atoms with Crippen LogP contribution >= 0.6 is 0 Å². The average Bonchev–Trinajstić information content (AvgIpc) is 3.31. The van der Waals surface area contributed by atoms with Crippen molar-refractivity contribution in [3.05, 3.63) is 60.8 Å². The van der Waals surface area contributed by atoms with Crippen LogP contribution in [-0.4, -0.2) is 30.6 Å². The molecular weight excluding hydrogens is 340 g/mol. The summed E-state index contributed by atoms with van der Waals surface area (Å²) < 4.78 is 1.95. The predicted molar refractivity (Wildman–Crippen MR) is 104 cm³/mol. The number of hydrogen-bond donors (Lipinski definition) is 2. The first kappa shape index (κ1) is 17.0. The third kappa shape index (κ3) is 3.31. The van der Waals surface area contributed by atoms with Crippen molar-refractivity contribution in [1.29, 1.82) is 0 Å². The van der Waals surface area contributed by atoms with Crippen molar-refractivity contribution in [3.8, 4) is 11.3 Å². The first-order valence-electron chi connectivity index (χ1n) is 8.86. The normalized spacial score (nSPS) is 12.2. The molecule has 7 nitrogen and oxygen atoms in total. The largest absolute Gasteiger partial charge is 0.346 e. The van der Waals surface area contributed by atoms with Crippen molar-refractivity contribution in [2.75, 3.05) is 5.32 Å². The fourth-order valence-corrected chi connectivity index (χ4v) is 3.34. The van der Waals surface area contributed by atoms with Gasteiger partial charge in [-0.3, -0.25) is 9.48 Å². The van der Waals surface area contributed by atoms with Crippen LogP contribution in [0.2, 0.25) is 0 Å². The highest BCUT2D eigenvalue weighted by atomic mass is 16.1. The molecule has 1 aromatic carbocycles.